The minimum atomic E-state index is -0.470. The van der Waals surface area contributed by atoms with E-state index in [4.69, 9.17) is 14.2 Å². The zero-order valence-corrected chi connectivity index (χ0v) is 20.5. The van der Waals surface area contributed by atoms with Gasteiger partial charge in [0, 0.05) is 23.0 Å². The zero-order valence-electron chi connectivity index (χ0n) is 20.5. The van der Waals surface area contributed by atoms with Gasteiger partial charge in [0.15, 0.2) is 17.3 Å². The number of methoxy groups -OCH3 is 2. The van der Waals surface area contributed by atoms with E-state index >= 15 is 0 Å². The SMILES string of the molecule is COc1cc2c(cc1OC)[C@]1(C3CCCCC3)C[C@@H](c3ccccc3O1)[C@@H]2C(=O)c1ccccc1. The Morgan fingerprint density at radius 3 is 2.29 bits per heavy atom. The number of hydrogen-bond donors (Lipinski definition) is 0. The molecule has 0 N–H and O–H groups in total. The fourth-order valence-corrected chi connectivity index (χ4v) is 6.90. The topological polar surface area (TPSA) is 44.8 Å². The lowest BCUT2D eigenvalue weighted by molar-refractivity contribution is -0.0491. The number of ketones is 1. The molecule has 2 aliphatic carbocycles. The smallest absolute Gasteiger partial charge is 0.170 e. The van der Waals surface area contributed by atoms with Crippen LogP contribution in [0.4, 0.5) is 0 Å². The first-order chi connectivity index (χ1) is 17.2. The molecule has 3 aromatic rings. The van der Waals surface area contributed by atoms with Crippen molar-refractivity contribution >= 4 is 5.78 Å². The molecular weight excluding hydrogens is 436 g/mol. The quantitative estimate of drug-likeness (QED) is 0.377. The van der Waals surface area contributed by atoms with E-state index in [-0.39, 0.29) is 17.6 Å². The molecule has 0 radical (unpaired) electrons. The highest BCUT2D eigenvalue weighted by atomic mass is 16.5. The molecule has 4 heteroatoms. The molecular formula is C31H32O4. The Hall–Kier alpha value is -3.27. The average Bonchev–Trinajstić information content (AvgIpc) is 2.93. The summed E-state index contributed by atoms with van der Waals surface area (Å²) in [5.74, 6) is 2.54. The summed E-state index contributed by atoms with van der Waals surface area (Å²) < 4.78 is 18.5. The van der Waals surface area contributed by atoms with Crippen LogP contribution in [0.15, 0.2) is 66.7 Å². The third kappa shape index (κ3) is 3.45. The Balaban J connectivity index is 1.62. The predicted molar refractivity (Wildman–Crippen MR) is 136 cm³/mol. The van der Waals surface area contributed by atoms with E-state index in [1.54, 1.807) is 14.2 Å². The standard InChI is InChI=1S/C31H32O4/c1-33-27-17-23-25(18-28(27)34-2)31(21-13-7-4-8-14-21)19-24(22-15-9-10-16-26(22)35-31)29(23)30(32)20-11-5-3-6-12-20/h3,5-6,9-12,15-18,21,24,29H,4,7-8,13-14,19H2,1-2H3/t24-,29+,31+/m0/s1. The van der Waals surface area contributed by atoms with Crippen LogP contribution in [0, 0.1) is 5.92 Å². The minimum absolute atomic E-state index is 0.0418. The number of Topliss-reactive ketones (excluding diaryl/α,β-unsaturated/α-hetero) is 1. The van der Waals surface area contributed by atoms with Crippen molar-refractivity contribution in [3.8, 4) is 17.2 Å². The third-order valence-corrected chi connectivity index (χ3v) is 8.49. The average molecular weight is 469 g/mol. The van der Waals surface area contributed by atoms with Crippen LogP contribution in [-0.2, 0) is 5.60 Å². The molecule has 0 aromatic heterocycles. The Morgan fingerprint density at radius 1 is 0.857 bits per heavy atom. The largest absolute Gasteiger partial charge is 0.493 e. The van der Waals surface area contributed by atoms with Gasteiger partial charge in [-0.15, -0.1) is 0 Å². The van der Waals surface area contributed by atoms with E-state index in [0.717, 1.165) is 47.3 Å². The van der Waals surface area contributed by atoms with Crippen LogP contribution in [0.25, 0.3) is 0 Å². The number of para-hydroxylation sites is 1. The van der Waals surface area contributed by atoms with Gasteiger partial charge < -0.3 is 14.2 Å². The molecule has 0 saturated heterocycles. The molecule has 3 aliphatic rings. The number of carbonyl (C=O) groups excluding carboxylic acids is 1. The maximum atomic E-state index is 14.2. The van der Waals surface area contributed by atoms with Crippen molar-refractivity contribution in [2.75, 3.05) is 14.2 Å². The van der Waals surface area contributed by atoms with Crippen molar-refractivity contribution in [2.24, 2.45) is 5.92 Å². The molecule has 1 saturated carbocycles. The normalized spacial score (nSPS) is 25.1. The maximum Gasteiger partial charge on any atom is 0.170 e. The number of fused-ring (bicyclic) bond motifs is 6. The van der Waals surface area contributed by atoms with Crippen molar-refractivity contribution in [1.29, 1.82) is 0 Å². The summed E-state index contributed by atoms with van der Waals surface area (Å²) in [6.07, 6.45) is 6.80. The predicted octanol–water partition coefficient (Wildman–Crippen LogP) is 7.03. The van der Waals surface area contributed by atoms with Crippen molar-refractivity contribution in [3.05, 3.63) is 89.0 Å². The minimum Gasteiger partial charge on any atom is -0.493 e. The number of hydrogen-bond acceptors (Lipinski definition) is 4. The van der Waals surface area contributed by atoms with Gasteiger partial charge in [-0.2, -0.15) is 0 Å². The van der Waals surface area contributed by atoms with Crippen LogP contribution in [-0.4, -0.2) is 20.0 Å². The fourth-order valence-electron chi connectivity index (χ4n) is 6.90. The number of benzene rings is 3. The van der Waals surface area contributed by atoms with Crippen molar-refractivity contribution in [2.45, 2.75) is 56.0 Å². The summed E-state index contributed by atoms with van der Waals surface area (Å²) in [5, 5.41) is 0. The summed E-state index contributed by atoms with van der Waals surface area (Å²) in [5.41, 5.74) is 3.53. The molecule has 35 heavy (non-hydrogen) atoms. The van der Waals surface area contributed by atoms with Crippen molar-refractivity contribution in [3.63, 3.8) is 0 Å². The Bertz CT molecular complexity index is 1240. The van der Waals surface area contributed by atoms with Gasteiger partial charge in [-0.25, -0.2) is 0 Å². The van der Waals surface area contributed by atoms with Crippen LogP contribution in [0.5, 0.6) is 17.2 Å². The summed E-state index contributed by atoms with van der Waals surface area (Å²) in [7, 11) is 3.33. The lowest BCUT2D eigenvalue weighted by Crippen LogP contribution is -2.51. The van der Waals surface area contributed by atoms with Gasteiger partial charge in [-0.3, -0.25) is 4.79 Å². The molecule has 0 unspecified atom stereocenters. The number of carbonyl (C=O) groups is 1. The molecule has 4 nitrogen and oxygen atoms in total. The second-order valence-corrected chi connectivity index (χ2v) is 10.2. The first-order valence-electron chi connectivity index (χ1n) is 12.8. The summed E-state index contributed by atoms with van der Waals surface area (Å²) in [6, 6.07) is 22.1. The Labute approximate surface area is 207 Å². The molecule has 6 rings (SSSR count). The van der Waals surface area contributed by atoms with Crippen molar-refractivity contribution in [1.82, 2.24) is 0 Å². The van der Waals surface area contributed by atoms with E-state index in [9.17, 15) is 4.79 Å². The molecule has 1 aliphatic heterocycles. The van der Waals surface area contributed by atoms with E-state index in [1.807, 2.05) is 42.5 Å². The highest BCUT2D eigenvalue weighted by molar-refractivity contribution is 6.02. The first-order valence-corrected chi connectivity index (χ1v) is 12.8. The second-order valence-electron chi connectivity index (χ2n) is 10.2. The molecule has 2 bridgehead atoms. The van der Waals surface area contributed by atoms with E-state index < -0.39 is 5.60 Å². The highest BCUT2D eigenvalue weighted by Gasteiger charge is 2.56. The molecule has 1 fully saturated rings. The Morgan fingerprint density at radius 2 is 1.54 bits per heavy atom. The maximum absolute atomic E-state index is 14.2. The van der Waals surface area contributed by atoms with Gasteiger partial charge >= 0.3 is 0 Å². The summed E-state index contributed by atoms with van der Waals surface area (Å²) in [6.45, 7) is 0. The number of rotatable bonds is 5. The first kappa shape index (κ1) is 22.2. The van der Waals surface area contributed by atoms with Gasteiger partial charge in [-0.1, -0.05) is 67.8 Å². The lowest BCUT2D eigenvalue weighted by Gasteiger charge is -2.54. The summed E-state index contributed by atoms with van der Waals surface area (Å²) >= 11 is 0. The molecule has 0 amide bonds. The third-order valence-electron chi connectivity index (χ3n) is 8.49. The molecule has 3 aromatic carbocycles. The summed E-state index contributed by atoms with van der Waals surface area (Å²) in [4.78, 5) is 14.2. The highest BCUT2D eigenvalue weighted by Crippen LogP contribution is 2.62. The van der Waals surface area contributed by atoms with Gasteiger partial charge in [0.25, 0.3) is 0 Å². The molecule has 1 heterocycles. The van der Waals surface area contributed by atoms with Gasteiger partial charge in [0.2, 0.25) is 0 Å². The number of ether oxygens (including phenoxy) is 3. The molecule has 0 spiro atoms. The molecule has 3 atom stereocenters. The van der Waals surface area contributed by atoms with E-state index in [1.165, 1.54) is 19.3 Å². The van der Waals surface area contributed by atoms with Crippen LogP contribution in [0.1, 0.15) is 77.4 Å². The van der Waals surface area contributed by atoms with Crippen LogP contribution < -0.4 is 14.2 Å². The van der Waals surface area contributed by atoms with Crippen LogP contribution in [0.3, 0.4) is 0 Å². The van der Waals surface area contributed by atoms with Crippen molar-refractivity contribution < 1.29 is 19.0 Å². The van der Waals surface area contributed by atoms with Gasteiger partial charge in [-0.05, 0) is 48.6 Å². The van der Waals surface area contributed by atoms with E-state index in [2.05, 4.69) is 24.3 Å². The fraction of sp³-hybridized carbons (Fsp3) is 0.387. The zero-order chi connectivity index (χ0) is 24.0. The van der Waals surface area contributed by atoms with Gasteiger partial charge in [0.1, 0.15) is 11.4 Å². The second kappa shape index (κ2) is 8.75. The Kier molecular flexibility index (Phi) is 5.55. The van der Waals surface area contributed by atoms with Gasteiger partial charge in [0.05, 0.1) is 20.1 Å². The molecule has 180 valence electrons. The van der Waals surface area contributed by atoms with E-state index in [0.29, 0.717) is 17.4 Å². The van der Waals surface area contributed by atoms with Crippen LogP contribution in [0.2, 0.25) is 0 Å². The van der Waals surface area contributed by atoms with Crippen LogP contribution >= 0.6 is 0 Å². The monoisotopic (exact) mass is 468 g/mol. The lowest BCUT2D eigenvalue weighted by atomic mass is 9.57.